The summed E-state index contributed by atoms with van der Waals surface area (Å²) in [6, 6.07) is 7.73. The number of carbonyl (C=O) groups is 1. The fourth-order valence-corrected chi connectivity index (χ4v) is 3.64. The van der Waals surface area contributed by atoms with Crippen LogP contribution >= 0.6 is 0 Å². The summed E-state index contributed by atoms with van der Waals surface area (Å²) in [7, 11) is 0. The number of benzene rings is 1. The standard InChI is InChI=1S/C21H24N4O3/c1-14-17(15(2)28-24-14)7-8-21(26)25-11-9-16(10-12-25)27-20-13-22-18-5-3-4-6-19(18)23-20/h3-6,13,16H,7-12H2,1-2H3. The number of likely N-dealkylation sites (tertiary alicyclic amines) is 1. The Labute approximate surface area is 163 Å². The summed E-state index contributed by atoms with van der Waals surface area (Å²) in [5, 5.41) is 3.95. The number of rotatable bonds is 5. The second-order valence-electron chi connectivity index (χ2n) is 7.20. The summed E-state index contributed by atoms with van der Waals surface area (Å²) >= 11 is 0. The Kier molecular flexibility index (Phi) is 5.23. The van der Waals surface area contributed by atoms with Crippen LogP contribution in [0.5, 0.6) is 5.88 Å². The number of ether oxygens (including phenoxy) is 1. The van der Waals surface area contributed by atoms with E-state index in [9.17, 15) is 4.79 Å². The minimum absolute atomic E-state index is 0.0575. The maximum Gasteiger partial charge on any atom is 0.233 e. The largest absolute Gasteiger partial charge is 0.473 e. The number of nitrogens with zero attached hydrogens (tertiary/aromatic N) is 4. The van der Waals surface area contributed by atoms with Gasteiger partial charge >= 0.3 is 0 Å². The quantitative estimate of drug-likeness (QED) is 0.676. The van der Waals surface area contributed by atoms with Crippen molar-refractivity contribution in [2.24, 2.45) is 0 Å². The lowest BCUT2D eigenvalue weighted by molar-refractivity contribution is -0.132. The molecule has 0 atom stereocenters. The van der Waals surface area contributed by atoms with Gasteiger partial charge in [0.25, 0.3) is 0 Å². The normalized spacial score (nSPS) is 15.1. The molecular formula is C21H24N4O3. The van der Waals surface area contributed by atoms with E-state index in [0.717, 1.165) is 40.9 Å². The summed E-state index contributed by atoms with van der Waals surface area (Å²) in [4.78, 5) is 23.4. The molecule has 0 saturated carbocycles. The number of carbonyl (C=O) groups excluding carboxylic acids is 1. The molecule has 1 amide bonds. The zero-order chi connectivity index (χ0) is 19.5. The average molecular weight is 380 g/mol. The Hall–Kier alpha value is -2.96. The van der Waals surface area contributed by atoms with Gasteiger partial charge in [0.15, 0.2) is 0 Å². The maximum absolute atomic E-state index is 12.5. The van der Waals surface area contributed by atoms with Crippen LogP contribution < -0.4 is 4.74 Å². The zero-order valence-electron chi connectivity index (χ0n) is 16.2. The molecular weight excluding hydrogens is 356 g/mol. The highest BCUT2D eigenvalue weighted by atomic mass is 16.5. The van der Waals surface area contributed by atoms with E-state index in [1.807, 2.05) is 43.0 Å². The highest BCUT2D eigenvalue weighted by Gasteiger charge is 2.24. The number of fused-ring (bicyclic) bond motifs is 1. The van der Waals surface area contributed by atoms with Gasteiger partial charge in [-0.05, 0) is 32.4 Å². The van der Waals surface area contributed by atoms with Crippen LogP contribution in [0.3, 0.4) is 0 Å². The first-order valence-electron chi connectivity index (χ1n) is 9.68. The first kappa shape index (κ1) is 18.4. The van der Waals surface area contributed by atoms with Gasteiger partial charge in [-0.25, -0.2) is 9.97 Å². The van der Waals surface area contributed by atoms with Gasteiger partial charge in [-0.3, -0.25) is 4.79 Å². The Morgan fingerprint density at radius 2 is 1.96 bits per heavy atom. The highest BCUT2D eigenvalue weighted by Crippen LogP contribution is 2.20. The van der Waals surface area contributed by atoms with Crippen molar-refractivity contribution in [3.63, 3.8) is 0 Å². The van der Waals surface area contributed by atoms with Crippen LogP contribution in [0.15, 0.2) is 35.0 Å². The Morgan fingerprint density at radius 1 is 1.21 bits per heavy atom. The lowest BCUT2D eigenvalue weighted by Gasteiger charge is -2.32. The fourth-order valence-electron chi connectivity index (χ4n) is 3.64. The van der Waals surface area contributed by atoms with Crippen molar-refractivity contribution < 1.29 is 14.1 Å². The van der Waals surface area contributed by atoms with Crippen molar-refractivity contribution in [2.75, 3.05) is 13.1 Å². The van der Waals surface area contributed by atoms with Crippen molar-refractivity contribution in [1.29, 1.82) is 0 Å². The summed E-state index contributed by atoms with van der Waals surface area (Å²) in [5.41, 5.74) is 3.59. The first-order valence-corrected chi connectivity index (χ1v) is 9.68. The van der Waals surface area contributed by atoms with Gasteiger partial charge in [0, 0.05) is 37.9 Å². The molecule has 1 fully saturated rings. The number of hydrogen-bond acceptors (Lipinski definition) is 6. The van der Waals surface area contributed by atoms with Crippen LogP contribution in [0.1, 0.15) is 36.3 Å². The number of aromatic nitrogens is 3. The molecule has 0 aliphatic carbocycles. The smallest absolute Gasteiger partial charge is 0.233 e. The minimum Gasteiger partial charge on any atom is -0.473 e. The molecule has 0 radical (unpaired) electrons. The molecule has 2 aromatic heterocycles. The molecule has 4 rings (SSSR count). The number of aryl methyl sites for hydroxylation is 2. The van der Waals surface area contributed by atoms with E-state index in [0.29, 0.717) is 31.8 Å². The van der Waals surface area contributed by atoms with Crippen molar-refractivity contribution in [3.8, 4) is 5.88 Å². The molecule has 1 aromatic carbocycles. The molecule has 1 saturated heterocycles. The van der Waals surface area contributed by atoms with Gasteiger partial charge in [-0.2, -0.15) is 0 Å². The molecule has 0 unspecified atom stereocenters. The summed E-state index contributed by atoms with van der Waals surface area (Å²) < 4.78 is 11.2. The third kappa shape index (κ3) is 3.98. The predicted octanol–water partition coefficient (Wildman–Crippen LogP) is 3.24. The number of hydrogen-bond donors (Lipinski definition) is 0. The van der Waals surface area contributed by atoms with Crippen molar-refractivity contribution >= 4 is 16.9 Å². The van der Waals surface area contributed by atoms with Gasteiger partial charge < -0.3 is 14.2 Å². The Morgan fingerprint density at radius 3 is 2.68 bits per heavy atom. The van der Waals surface area contributed by atoms with E-state index in [1.165, 1.54) is 0 Å². The second-order valence-corrected chi connectivity index (χ2v) is 7.20. The lowest BCUT2D eigenvalue weighted by Crippen LogP contribution is -2.42. The molecule has 1 aliphatic rings. The summed E-state index contributed by atoms with van der Waals surface area (Å²) in [6.45, 7) is 5.20. The van der Waals surface area contributed by atoms with Crippen LogP contribution in [0, 0.1) is 13.8 Å². The van der Waals surface area contributed by atoms with E-state index in [1.54, 1.807) is 6.20 Å². The van der Waals surface area contributed by atoms with E-state index in [4.69, 9.17) is 9.26 Å². The molecule has 3 aromatic rings. The summed E-state index contributed by atoms with van der Waals surface area (Å²) in [5.74, 6) is 1.51. The van der Waals surface area contributed by atoms with Gasteiger partial charge in [0.2, 0.25) is 11.8 Å². The molecule has 0 bridgehead atoms. The lowest BCUT2D eigenvalue weighted by atomic mass is 10.0. The molecule has 3 heterocycles. The second kappa shape index (κ2) is 7.96. The van der Waals surface area contributed by atoms with Gasteiger partial charge in [0.05, 0.1) is 22.9 Å². The van der Waals surface area contributed by atoms with E-state index in [2.05, 4.69) is 15.1 Å². The van der Waals surface area contributed by atoms with E-state index in [-0.39, 0.29) is 12.0 Å². The number of amides is 1. The Balaban J connectivity index is 1.28. The Bertz CT molecular complexity index is 957. The number of para-hydroxylation sites is 2. The van der Waals surface area contributed by atoms with Gasteiger partial charge in [0.1, 0.15) is 11.9 Å². The van der Waals surface area contributed by atoms with Gasteiger partial charge in [-0.15, -0.1) is 0 Å². The first-order chi connectivity index (χ1) is 13.6. The molecule has 1 aliphatic heterocycles. The monoisotopic (exact) mass is 380 g/mol. The average Bonchev–Trinajstić information content (AvgIpc) is 3.04. The summed E-state index contributed by atoms with van der Waals surface area (Å²) in [6.07, 6.45) is 4.47. The van der Waals surface area contributed by atoms with Crippen molar-refractivity contribution in [3.05, 3.63) is 47.5 Å². The van der Waals surface area contributed by atoms with Crippen LogP contribution in [0.2, 0.25) is 0 Å². The minimum atomic E-state index is 0.0575. The molecule has 28 heavy (non-hydrogen) atoms. The zero-order valence-corrected chi connectivity index (χ0v) is 16.2. The molecule has 7 nitrogen and oxygen atoms in total. The van der Waals surface area contributed by atoms with Crippen LogP contribution in [-0.2, 0) is 11.2 Å². The SMILES string of the molecule is Cc1noc(C)c1CCC(=O)N1CCC(Oc2cnc3ccccc3n2)CC1. The van der Waals surface area contributed by atoms with Gasteiger partial charge in [-0.1, -0.05) is 17.3 Å². The van der Waals surface area contributed by atoms with E-state index >= 15 is 0 Å². The third-order valence-electron chi connectivity index (χ3n) is 5.28. The topological polar surface area (TPSA) is 81.4 Å². The number of piperidine rings is 1. The van der Waals surface area contributed by atoms with Crippen LogP contribution in [0.25, 0.3) is 11.0 Å². The van der Waals surface area contributed by atoms with E-state index < -0.39 is 0 Å². The van der Waals surface area contributed by atoms with Crippen molar-refractivity contribution in [1.82, 2.24) is 20.0 Å². The van der Waals surface area contributed by atoms with Crippen molar-refractivity contribution in [2.45, 2.75) is 45.6 Å². The highest BCUT2D eigenvalue weighted by molar-refractivity contribution is 5.76. The molecule has 7 heteroatoms. The fraction of sp³-hybridized carbons (Fsp3) is 0.429. The maximum atomic E-state index is 12.5. The third-order valence-corrected chi connectivity index (χ3v) is 5.28. The van der Waals surface area contributed by atoms with Crippen LogP contribution in [-0.4, -0.2) is 45.1 Å². The molecule has 146 valence electrons. The molecule has 0 N–H and O–H groups in total. The molecule has 0 spiro atoms. The predicted molar refractivity (Wildman–Crippen MR) is 104 cm³/mol. The van der Waals surface area contributed by atoms with Crippen LogP contribution in [0.4, 0.5) is 0 Å².